The molecule has 0 aromatic heterocycles. The quantitative estimate of drug-likeness (QED) is 0.630. The molecule has 0 heterocycles. The second-order valence-electron chi connectivity index (χ2n) is 7.38. The van der Waals surface area contributed by atoms with Crippen LogP contribution in [0, 0.1) is 13.8 Å². The Morgan fingerprint density at radius 2 is 1.50 bits per heavy atom. The molecule has 0 fully saturated rings. The Bertz CT molecular complexity index is 1140. The van der Waals surface area contributed by atoms with Crippen molar-refractivity contribution in [3.05, 3.63) is 95.1 Å². The molecule has 1 amide bonds. The van der Waals surface area contributed by atoms with Crippen molar-refractivity contribution in [2.45, 2.75) is 31.7 Å². The number of nitrogens with one attached hydrogen (secondary N) is 1. The third-order valence-electron chi connectivity index (χ3n) is 5.18. The Labute approximate surface area is 178 Å². The largest absolute Gasteiger partial charge is 0.346 e. The lowest BCUT2D eigenvalue weighted by atomic mass is 10.0. The maximum atomic E-state index is 12.8. The summed E-state index contributed by atoms with van der Waals surface area (Å²) in [7, 11) is -2.16. The van der Waals surface area contributed by atoms with Gasteiger partial charge >= 0.3 is 0 Å². The van der Waals surface area contributed by atoms with Crippen LogP contribution in [0.2, 0.25) is 0 Å². The molecule has 1 N–H and O–H groups in total. The van der Waals surface area contributed by atoms with E-state index >= 15 is 0 Å². The maximum absolute atomic E-state index is 12.8. The van der Waals surface area contributed by atoms with Gasteiger partial charge in [-0.25, -0.2) is 8.42 Å². The predicted molar refractivity (Wildman–Crippen MR) is 120 cm³/mol. The summed E-state index contributed by atoms with van der Waals surface area (Å²) in [6.07, 6.45) is 0. The van der Waals surface area contributed by atoms with E-state index < -0.39 is 10.0 Å². The smallest absolute Gasteiger partial charge is 0.264 e. The fourth-order valence-corrected chi connectivity index (χ4v) is 4.46. The molecule has 3 rings (SSSR count). The van der Waals surface area contributed by atoms with Crippen LogP contribution in [0.25, 0.3) is 0 Å². The van der Waals surface area contributed by atoms with Crippen LogP contribution in [-0.4, -0.2) is 21.4 Å². The molecule has 0 spiro atoms. The number of carbonyl (C=O) groups excluding carboxylic acids is 1. The summed E-state index contributed by atoms with van der Waals surface area (Å²) >= 11 is 0. The number of nitrogens with zero attached hydrogens (tertiary/aromatic N) is 1. The minimum absolute atomic E-state index is 0.136. The molecule has 0 unspecified atom stereocenters. The van der Waals surface area contributed by atoms with Gasteiger partial charge in [0.25, 0.3) is 15.9 Å². The van der Waals surface area contributed by atoms with Crippen molar-refractivity contribution in [1.29, 1.82) is 0 Å². The lowest BCUT2D eigenvalue weighted by Gasteiger charge is -2.20. The van der Waals surface area contributed by atoms with Crippen LogP contribution in [0.1, 0.15) is 40.0 Å². The van der Waals surface area contributed by atoms with Crippen LogP contribution < -0.4 is 9.62 Å². The third kappa shape index (κ3) is 4.54. The number of aryl methyl sites for hydroxylation is 2. The second kappa shape index (κ2) is 8.71. The van der Waals surface area contributed by atoms with Gasteiger partial charge in [-0.2, -0.15) is 0 Å². The minimum atomic E-state index is -3.67. The molecule has 0 saturated heterocycles. The molecular formula is C24H26N2O3S. The molecular weight excluding hydrogens is 396 g/mol. The van der Waals surface area contributed by atoms with Crippen molar-refractivity contribution >= 4 is 21.6 Å². The predicted octanol–water partition coefficient (Wildman–Crippen LogP) is 4.62. The molecule has 3 aromatic rings. The van der Waals surface area contributed by atoms with Gasteiger partial charge in [0.05, 0.1) is 16.6 Å². The Morgan fingerprint density at radius 3 is 2.10 bits per heavy atom. The molecule has 0 bridgehead atoms. The number of anilines is 1. The first-order valence-electron chi connectivity index (χ1n) is 9.72. The first kappa shape index (κ1) is 21.6. The number of sulfonamides is 1. The summed E-state index contributed by atoms with van der Waals surface area (Å²) in [5.74, 6) is -0.207. The molecule has 6 heteroatoms. The number of hydrogen-bond donors (Lipinski definition) is 1. The molecule has 0 aliphatic rings. The van der Waals surface area contributed by atoms with Crippen LogP contribution in [-0.2, 0) is 10.0 Å². The first-order valence-corrected chi connectivity index (χ1v) is 11.2. The molecule has 3 aromatic carbocycles. The highest BCUT2D eigenvalue weighted by atomic mass is 32.2. The van der Waals surface area contributed by atoms with Crippen molar-refractivity contribution in [3.8, 4) is 0 Å². The van der Waals surface area contributed by atoms with E-state index in [1.54, 1.807) is 48.5 Å². The van der Waals surface area contributed by atoms with Gasteiger partial charge in [0.15, 0.2) is 0 Å². The average molecular weight is 423 g/mol. The number of carbonyl (C=O) groups is 1. The molecule has 156 valence electrons. The van der Waals surface area contributed by atoms with E-state index in [2.05, 4.69) is 5.32 Å². The average Bonchev–Trinajstić information content (AvgIpc) is 2.73. The summed E-state index contributed by atoms with van der Waals surface area (Å²) in [4.78, 5) is 12.9. The third-order valence-corrected chi connectivity index (χ3v) is 6.97. The summed E-state index contributed by atoms with van der Waals surface area (Å²) < 4.78 is 26.9. The molecule has 0 aliphatic heterocycles. The molecule has 0 saturated carbocycles. The topological polar surface area (TPSA) is 66.5 Å². The fourth-order valence-electron chi connectivity index (χ4n) is 3.26. The van der Waals surface area contributed by atoms with Crippen LogP contribution in [0.3, 0.4) is 0 Å². The molecule has 30 heavy (non-hydrogen) atoms. The molecule has 0 radical (unpaired) electrons. The van der Waals surface area contributed by atoms with Gasteiger partial charge in [-0.05, 0) is 68.3 Å². The Hall–Kier alpha value is -3.12. The van der Waals surface area contributed by atoms with Crippen molar-refractivity contribution < 1.29 is 13.2 Å². The summed E-state index contributed by atoms with van der Waals surface area (Å²) in [6, 6.07) is 21.1. The Balaban J connectivity index is 1.74. The zero-order valence-electron chi connectivity index (χ0n) is 17.6. The molecule has 1 atom stereocenters. The minimum Gasteiger partial charge on any atom is -0.346 e. The van der Waals surface area contributed by atoms with E-state index in [1.807, 2.05) is 45.0 Å². The lowest BCUT2D eigenvalue weighted by Crippen LogP contribution is -2.28. The molecule has 5 nitrogen and oxygen atoms in total. The van der Waals surface area contributed by atoms with E-state index in [0.717, 1.165) is 16.7 Å². The lowest BCUT2D eigenvalue weighted by molar-refractivity contribution is 0.0940. The monoisotopic (exact) mass is 422 g/mol. The van der Waals surface area contributed by atoms with Crippen molar-refractivity contribution in [2.24, 2.45) is 0 Å². The Morgan fingerprint density at radius 1 is 0.900 bits per heavy atom. The van der Waals surface area contributed by atoms with E-state index in [4.69, 9.17) is 0 Å². The van der Waals surface area contributed by atoms with Crippen molar-refractivity contribution in [2.75, 3.05) is 11.4 Å². The number of rotatable bonds is 6. The number of amides is 1. The highest BCUT2D eigenvalue weighted by Gasteiger charge is 2.21. The van der Waals surface area contributed by atoms with Crippen LogP contribution in [0.15, 0.2) is 77.7 Å². The number of hydrogen-bond acceptors (Lipinski definition) is 3. The van der Waals surface area contributed by atoms with Crippen LogP contribution in [0.5, 0.6) is 0 Å². The zero-order chi connectivity index (χ0) is 21.9. The van der Waals surface area contributed by atoms with Crippen LogP contribution in [0.4, 0.5) is 5.69 Å². The zero-order valence-corrected chi connectivity index (χ0v) is 18.4. The standard InChI is InChI=1S/C24H26N2O3S/c1-17-9-15-22(16-10-17)30(28,29)26(4)21-13-11-20(12-14-21)24(27)25-19(3)23-8-6-5-7-18(23)2/h5-16,19H,1-4H3,(H,25,27)/t19-/m0/s1. The summed E-state index contributed by atoms with van der Waals surface area (Å²) in [5, 5.41) is 2.99. The van der Waals surface area contributed by atoms with Gasteiger partial charge in [-0.15, -0.1) is 0 Å². The van der Waals surface area contributed by atoms with E-state index in [-0.39, 0.29) is 16.8 Å². The van der Waals surface area contributed by atoms with Gasteiger partial charge in [0.1, 0.15) is 0 Å². The van der Waals surface area contributed by atoms with Crippen LogP contribution >= 0.6 is 0 Å². The van der Waals surface area contributed by atoms with Gasteiger partial charge in [-0.3, -0.25) is 9.10 Å². The maximum Gasteiger partial charge on any atom is 0.264 e. The van der Waals surface area contributed by atoms with Crippen molar-refractivity contribution in [3.63, 3.8) is 0 Å². The van der Waals surface area contributed by atoms with E-state index in [9.17, 15) is 13.2 Å². The first-order chi connectivity index (χ1) is 14.2. The molecule has 0 aliphatic carbocycles. The second-order valence-corrected chi connectivity index (χ2v) is 9.35. The summed E-state index contributed by atoms with van der Waals surface area (Å²) in [5.41, 5.74) is 4.13. The van der Waals surface area contributed by atoms with Gasteiger partial charge in [0, 0.05) is 12.6 Å². The highest BCUT2D eigenvalue weighted by Crippen LogP contribution is 2.23. The SMILES string of the molecule is Cc1ccc(S(=O)(=O)N(C)c2ccc(C(=O)N[C@@H](C)c3ccccc3C)cc2)cc1. The van der Waals surface area contributed by atoms with E-state index in [1.165, 1.54) is 11.4 Å². The fraction of sp³-hybridized carbons (Fsp3) is 0.208. The highest BCUT2D eigenvalue weighted by molar-refractivity contribution is 7.92. The van der Waals surface area contributed by atoms with E-state index in [0.29, 0.717) is 11.3 Å². The normalized spacial score (nSPS) is 12.3. The van der Waals surface area contributed by atoms with Crippen molar-refractivity contribution in [1.82, 2.24) is 5.32 Å². The van der Waals surface area contributed by atoms with Gasteiger partial charge < -0.3 is 5.32 Å². The Kier molecular flexibility index (Phi) is 6.27. The summed E-state index contributed by atoms with van der Waals surface area (Å²) in [6.45, 7) is 5.86. The van der Waals surface area contributed by atoms with Gasteiger partial charge in [-0.1, -0.05) is 42.0 Å². The van der Waals surface area contributed by atoms with Gasteiger partial charge in [0.2, 0.25) is 0 Å². The number of benzene rings is 3.